The molecular weight excluding hydrogens is 204 g/mol. The molecule has 0 spiro atoms. The number of rotatable bonds is 1. The van der Waals surface area contributed by atoms with Gasteiger partial charge in [0.15, 0.2) is 4.77 Å². The molecule has 0 radical (unpaired) electrons. The zero-order valence-corrected chi connectivity index (χ0v) is 8.75. The van der Waals surface area contributed by atoms with E-state index < -0.39 is 0 Å². The Morgan fingerprint density at radius 3 is 3.00 bits per heavy atom. The number of imidazole rings is 1. The van der Waals surface area contributed by atoms with Gasteiger partial charge >= 0.3 is 0 Å². The first-order valence-corrected chi connectivity index (χ1v) is 4.89. The Morgan fingerprint density at radius 1 is 1.54 bits per heavy atom. The van der Waals surface area contributed by atoms with E-state index in [1.54, 1.807) is 0 Å². The van der Waals surface area contributed by atoms with Crippen LogP contribution in [0.3, 0.4) is 0 Å². The zero-order chi connectivity index (χ0) is 9.42. The predicted octanol–water partition coefficient (Wildman–Crippen LogP) is 3.37. The average Bonchev–Trinajstić information content (AvgIpc) is 2.43. The molecule has 0 amide bonds. The smallest absolute Gasteiger partial charge is 0.178 e. The number of hydrogen-bond donors (Lipinski definition) is 1. The number of aromatic amines is 1. The minimum Gasteiger partial charge on any atom is -0.329 e. The molecule has 1 N–H and O–H groups in total. The largest absolute Gasteiger partial charge is 0.329 e. The Morgan fingerprint density at radius 2 is 2.31 bits per heavy atom. The molecule has 0 unspecified atom stereocenters. The van der Waals surface area contributed by atoms with Gasteiger partial charge in [-0.15, -0.1) is 0 Å². The molecule has 0 bridgehead atoms. The van der Waals surface area contributed by atoms with Crippen LogP contribution in [0.2, 0.25) is 5.02 Å². The third kappa shape index (κ3) is 1.28. The van der Waals surface area contributed by atoms with Crippen molar-refractivity contribution in [2.75, 3.05) is 0 Å². The lowest BCUT2D eigenvalue weighted by molar-refractivity contribution is 0.774. The van der Waals surface area contributed by atoms with Gasteiger partial charge in [-0.25, -0.2) is 0 Å². The third-order valence-corrected chi connectivity index (χ3v) is 2.71. The summed E-state index contributed by atoms with van der Waals surface area (Å²) < 4.78 is 2.75. The lowest BCUT2D eigenvalue weighted by atomic mass is 10.3. The van der Waals surface area contributed by atoms with Crippen molar-refractivity contribution >= 4 is 34.9 Å². The summed E-state index contributed by atoms with van der Waals surface area (Å²) in [5.41, 5.74) is 2.00. The zero-order valence-electron chi connectivity index (χ0n) is 7.17. The van der Waals surface area contributed by atoms with Gasteiger partial charge in [0.2, 0.25) is 0 Å². The number of aryl methyl sites for hydroxylation is 1. The van der Waals surface area contributed by atoms with E-state index in [-0.39, 0.29) is 0 Å². The molecule has 2 rings (SSSR count). The van der Waals surface area contributed by atoms with Crippen LogP contribution in [0.4, 0.5) is 0 Å². The maximum absolute atomic E-state index is 6.01. The van der Waals surface area contributed by atoms with Crippen molar-refractivity contribution in [2.24, 2.45) is 0 Å². The molecule has 1 aromatic heterocycles. The Labute approximate surface area is 86.1 Å². The van der Waals surface area contributed by atoms with Gasteiger partial charge < -0.3 is 9.55 Å². The molecule has 13 heavy (non-hydrogen) atoms. The van der Waals surface area contributed by atoms with Crippen molar-refractivity contribution in [2.45, 2.75) is 13.5 Å². The fourth-order valence-corrected chi connectivity index (χ4v) is 2.01. The number of hydrogen-bond acceptors (Lipinski definition) is 1. The molecular formula is C9H9ClN2S. The van der Waals surface area contributed by atoms with Gasteiger partial charge in [-0.2, -0.15) is 0 Å². The van der Waals surface area contributed by atoms with Gasteiger partial charge in [-0.05, 0) is 31.3 Å². The highest BCUT2D eigenvalue weighted by Gasteiger charge is 2.04. The van der Waals surface area contributed by atoms with Gasteiger partial charge in [0.25, 0.3) is 0 Å². The molecule has 2 nitrogen and oxygen atoms in total. The van der Waals surface area contributed by atoms with E-state index in [1.165, 1.54) is 0 Å². The van der Waals surface area contributed by atoms with Gasteiger partial charge in [0, 0.05) is 6.54 Å². The maximum Gasteiger partial charge on any atom is 0.178 e. The van der Waals surface area contributed by atoms with Crippen molar-refractivity contribution in [3.63, 3.8) is 0 Å². The molecule has 0 aliphatic heterocycles. The lowest BCUT2D eigenvalue weighted by Gasteiger charge is -1.98. The second-order valence-corrected chi connectivity index (χ2v) is 3.60. The lowest BCUT2D eigenvalue weighted by Crippen LogP contribution is -1.92. The number of nitrogens with one attached hydrogen (secondary N) is 1. The minimum atomic E-state index is 0.718. The first-order chi connectivity index (χ1) is 6.24. The molecule has 2 aromatic rings. The monoisotopic (exact) mass is 212 g/mol. The van der Waals surface area contributed by atoms with Crippen LogP contribution in [0.15, 0.2) is 18.2 Å². The van der Waals surface area contributed by atoms with Gasteiger partial charge in [0.05, 0.1) is 16.1 Å². The summed E-state index contributed by atoms with van der Waals surface area (Å²) in [4.78, 5) is 3.09. The van der Waals surface area contributed by atoms with E-state index in [0.717, 1.165) is 27.4 Å². The fourth-order valence-electron chi connectivity index (χ4n) is 1.46. The van der Waals surface area contributed by atoms with E-state index in [2.05, 4.69) is 11.9 Å². The maximum atomic E-state index is 6.01. The number of benzene rings is 1. The van der Waals surface area contributed by atoms with E-state index in [0.29, 0.717) is 0 Å². The highest BCUT2D eigenvalue weighted by molar-refractivity contribution is 7.71. The first-order valence-electron chi connectivity index (χ1n) is 4.11. The van der Waals surface area contributed by atoms with E-state index in [9.17, 15) is 0 Å². The van der Waals surface area contributed by atoms with Gasteiger partial charge in [-0.1, -0.05) is 17.7 Å². The first kappa shape index (κ1) is 8.78. The minimum absolute atomic E-state index is 0.718. The van der Waals surface area contributed by atoms with Crippen LogP contribution in [-0.2, 0) is 6.54 Å². The van der Waals surface area contributed by atoms with Crippen molar-refractivity contribution in [1.82, 2.24) is 9.55 Å². The van der Waals surface area contributed by atoms with Crippen LogP contribution in [0, 0.1) is 4.77 Å². The normalized spacial score (nSPS) is 10.9. The molecule has 0 saturated heterocycles. The van der Waals surface area contributed by atoms with E-state index in [1.807, 2.05) is 22.8 Å². The molecule has 1 heterocycles. The fraction of sp³-hybridized carbons (Fsp3) is 0.222. The highest BCUT2D eigenvalue weighted by atomic mass is 35.5. The number of fused-ring (bicyclic) bond motifs is 1. The summed E-state index contributed by atoms with van der Waals surface area (Å²) >= 11 is 11.2. The molecule has 68 valence electrons. The molecule has 1 aromatic carbocycles. The Balaban J connectivity index is 2.94. The molecule has 4 heteroatoms. The quantitative estimate of drug-likeness (QED) is 0.719. The summed E-state index contributed by atoms with van der Waals surface area (Å²) in [5, 5.41) is 0.718. The van der Waals surface area contributed by atoms with E-state index >= 15 is 0 Å². The Hall–Kier alpha value is -0.800. The van der Waals surface area contributed by atoms with Crippen LogP contribution < -0.4 is 0 Å². The third-order valence-electron chi connectivity index (χ3n) is 2.08. The summed E-state index contributed by atoms with van der Waals surface area (Å²) in [6.07, 6.45) is 0. The number of aromatic nitrogens is 2. The average molecular weight is 213 g/mol. The number of para-hydroxylation sites is 1. The van der Waals surface area contributed by atoms with Gasteiger partial charge in [0.1, 0.15) is 0 Å². The van der Waals surface area contributed by atoms with Gasteiger partial charge in [-0.3, -0.25) is 0 Å². The number of H-pyrrole nitrogens is 1. The SMILES string of the molecule is CCn1c(=S)[nH]c2c(Cl)cccc21. The highest BCUT2D eigenvalue weighted by Crippen LogP contribution is 2.22. The second-order valence-electron chi connectivity index (χ2n) is 2.81. The van der Waals surface area contributed by atoms with Crippen LogP contribution in [0.1, 0.15) is 6.92 Å². The van der Waals surface area contributed by atoms with Crippen LogP contribution in [0.25, 0.3) is 11.0 Å². The standard InChI is InChI=1S/C9H9ClN2S/c1-2-12-7-5-3-4-6(10)8(7)11-9(12)13/h3-5H,2H2,1H3,(H,11,13). The molecule has 0 atom stereocenters. The van der Waals surface area contributed by atoms with Crippen LogP contribution in [0.5, 0.6) is 0 Å². The topological polar surface area (TPSA) is 20.7 Å². The number of nitrogens with zero attached hydrogens (tertiary/aromatic N) is 1. The number of halogens is 1. The predicted molar refractivity (Wildman–Crippen MR) is 57.8 cm³/mol. The van der Waals surface area contributed by atoms with Crippen LogP contribution >= 0.6 is 23.8 Å². The van der Waals surface area contributed by atoms with Crippen molar-refractivity contribution in [3.05, 3.63) is 28.0 Å². The van der Waals surface area contributed by atoms with Crippen molar-refractivity contribution in [3.8, 4) is 0 Å². The van der Waals surface area contributed by atoms with E-state index in [4.69, 9.17) is 23.8 Å². The summed E-state index contributed by atoms with van der Waals surface area (Å²) in [6, 6.07) is 5.80. The Bertz CT molecular complexity index is 498. The summed E-state index contributed by atoms with van der Waals surface area (Å²) in [7, 11) is 0. The summed E-state index contributed by atoms with van der Waals surface area (Å²) in [5.74, 6) is 0. The molecule has 0 aliphatic carbocycles. The van der Waals surface area contributed by atoms with Crippen LogP contribution in [-0.4, -0.2) is 9.55 Å². The molecule has 0 saturated carbocycles. The summed E-state index contributed by atoms with van der Waals surface area (Å²) in [6.45, 7) is 2.92. The van der Waals surface area contributed by atoms with Crippen molar-refractivity contribution in [1.29, 1.82) is 0 Å². The molecule has 0 fully saturated rings. The van der Waals surface area contributed by atoms with Crippen molar-refractivity contribution < 1.29 is 0 Å². The second kappa shape index (κ2) is 3.16. The Kier molecular flexibility index (Phi) is 2.14. The molecule has 0 aliphatic rings.